The number of hydrogen-bond acceptors (Lipinski definition) is 6. The zero-order chi connectivity index (χ0) is 14.8. The molecule has 1 aromatic heterocycles. The Morgan fingerprint density at radius 1 is 1.60 bits per heavy atom. The monoisotopic (exact) mass is 284 g/mol. The lowest BCUT2D eigenvalue weighted by atomic mass is 9.85. The molecule has 0 radical (unpaired) electrons. The summed E-state index contributed by atoms with van der Waals surface area (Å²) >= 11 is 0. The van der Waals surface area contributed by atoms with Crippen LogP contribution < -0.4 is 10.6 Å². The molecule has 1 aromatic rings. The second-order valence-corrected chi connectivity index (χ2v) is 4.90. The molecule has 0 saturated carbocycles. The van der Waals surface area contributed by atoms with Gasteiger partial charge in [0.25, 0.3) is 0 Å². The molecule has 20 heavy (non-hydrogen) atoms. The van der Waals surface area contributed by atoms with Crippen LogP contribution in [-0.4, -0.2) is 57.0 Å². The third-order valence-corrected chi connectivity index (χ3v) is 3.35. The Bertz CT molecular complexity index is 492. The molecular weight excluding hydrogens is 268 g/mol. The molecule has 0 aromatic carbocycles. The van der Waals surface area contributed by atoms with Crippen LogP contribution in [-0.2, 0) is 9.53 Å². The van der Waals surface area contributed by atoms with Crippen LogP contribution in [0.2, 0.25) is 0 Å². The van der Waals surface area contributed by atoms with E-state index in [4.69, 9.17) is 4.74 Å². The van der Waals surface area contributed by atoms with E-state index < -0.39 is 29.5 Å². The number of carboxylic acids is 1. The van der Waals surface area contributed by atoms with Crippen molar-refractivity contribution < 1.29 is 19.4 Å². The lowest BCUT2D eigenvalue weighted by molar-refractivity contribution is -0.148. The van der Waals surface area contributed by atoms with E-state index in [0.717, 1.165) is 0 Å². The maximum atomic E-state index is 11.9. The van der Waals surface area contributed by atoms with Crippen molar-refractivity contribution in [3.63, 3.8) is 0 Å². The second-order valence-electron chi connectivity index (χ2n) is 4.90. The third-order valence-electron chi connectivity index (χ3n) is 3.35. The number of ether oxygens (including phenoxy) is 1. The molecule has 0 spiro atoms. The van der Waals surface area contributed by atoms with Crippen molar-refractivity contribution in [2.75, 3.05) is 13.2 Å². The highest BCUT2D eigenvalue weighted by Crippen LogP contribution is 2.28. The van der Waals surface area contributed by atoms with Crippen molar-refractivity contribution in [2.24, 2.45) is 5.41 Å². The molecule has 1 aliphatic rings. The molecule has 3 atom stereocenters. The van der Waals surface area contributed by atoms with E-state index in [2.05, 4.69) is 31.3 Å². The van der Waals surface area contributed by atoms with Crippen LogP contribution >= 0.6 is 0 Å². The molecular formula is C10H16N6O4. The molecule has 1 aliphatic heterocycles. The Kier molecular flexibility index (Phi) is 3.84. The molecule has 2 heterocycles. The minimum absolute atomic E-state index is 0.0632. The number of carbonyl (C=O) groups is 2. The largest absolute Gasteiger partial charge is 0.481 e. The fraction of sp³-hybridized carbons (Fsp3) is 0.700. The summed E-state index contributed by atoms with van der Waals surface area (Å²) in [6.45, 7) is 3.45. The maximum absolute atomic E-state index is 11.9. The molecule has 1 fully saturated rings. The fourth-order valence-corrected chi connectivity index (χ4v) is 1.90. The Morgan fingerprint density at radius 2 is 2.35 bits per heavy atom. The Morgan fingerprint density at radius 3 is 2.95 bits per heavy atom. The van der Waals surface area contributed by atoms with Gasteiger partial charge in [0.2, 0.25) is 0 Å². The molecule has 2 rings (SSSR count). The first kappa shape index (κ1) is 14.2. The number of carboxylic acid groups (broad SMARTS) is 1. The molecule has 10 heteroatoms. The molecule has 0 aliphatic carbocycles. The van der Waals surface area contributed by atoms with Crippen LogP contribution in [0.15, 0.2) is 0 Å². The quantitative estimate of drug-likeness (QED) is 0.558. The summed E-state index contributed by atoms with van der Waals surface area (Å²) in [7, 11) is 0. The highest BCUT2D eigenvalue weighted by molar-refractivity contribution is 5.79. The summed E-state index contributed by atoms with van der Waals surface area (Å²) in [5.74, 6) is -0.671. The summed E-state index contributed by atoms with van der Waals surface area (Å²) in [5.41, 5.74) is -1.13. The summed E-state index contributed by atoms with van der Waals surface area (Å²) in [6.07, 6.45) is 0. The lowest BCUT2D eigenvalue weighted by Crippen LogP contribution is -2.52. The van der Waals surface area contributed by atoms with Crippen LogP contribution in [0.1, 0.15) is 25.7 Å². The van der Waals surface area contributed by atoms with E-state index in [1.165, 1.54) is 6.92 Å². The van der Waals surface area contributed by atoms with Crippen molar-refractivity contribution in [3.05, 3.63) is 5.82 Å². The third kappa shape index (κ3) is 2.69. The first-order chi connectivity index (χ1) is 9.43. The van der Waals surface area contributed by atoms with Gasteiger partial charge in [-0.25, -0.2) is 4.79 Å². The Hall–Kier alpha value is -2.23. The van der Waals surface area contributed by atoms with Crippen molar-refractivity contribution >= 4 is 12.0 Å². The van der Waals surface area contributed by atoms with Crippen LogP contribution in [0.4, 0.5) is 4.79 Å². The highest BCUT2D eigenvalue weighted by Gasteiger charge is 2.47. The molecule has 110 valence electrons. The topological polar surface area (TPSA) is 142 Å². The van der Waals surface area contributed by atoms with Gasteiger partial charge in [-0.2, -0.15) is 5.21 Å². The summed E-state index contributed by atoms with van der Waals surface area (Å²) in [6, 6.07) is -1.56. The van der Waals surface area contributed by atoms with Gasteiger partial charge < -0.3 is 20.5 Å². The fourth-order valence-electron chi connectivity index (χ4n) is 1.90. The molecule has 1 saturated heterocycles. The number of aromatic amines is 1. The zero-order valence-corrected chi connectivity index (χ0v) is 11.1. The van der Waals surface area contributed by atoms with Gasteiger partial charge in [0.1, 0.15) is 5.41 Å². The molecule has 4 N–H and O–H groups in total. The van der Waals surface area contributed by atoms with E-state index in [1.807, 2.05) is 0 Å². The van der Waals surface area contributed by atoms with E-state index >= 15 is 0 Å². The van der Waals surface area contributed by atoms with Crippen molar-refractivity contribution in [3.8, 4) is 0 Å². The normalized spacial score (nSPS) is 27.0. The highest BCUT2D eigenvalue weighted by atomic mass is 16.5. The predicted molar refractivity (Wildman–Crippen MR) is 64.6 cm³/mol. The number of aromatic nitrogens is 4. The first-order valence-corrected chi connectivity index (χ1v) is 6.05. The number of hydrogen-bond donors (Lipinski definition) is 4. The van der Waals surface area contributed by atoms with Crippen LogP contribution in [0.3, 0.4) is 0 Å². The van der Waals surface area contributed by atoms with E-state index in [1.54, 1.807) is 6.92 Å². The van der Waals surface area contributed by atoms with Crippen molar-refractivity contribution in [1.82, 2.24) is 31.3 Å². The number of nitrogens with zero attached hydrogens (tertiary/aromatic N) is 3. The van der Waals surface area contributed by atoms with E-state index in [-0.39, 0.29) is 13.2 Å². The standard InChI is InChI=1S/C10H16N6O4/c1-5(7-13-15-16-14-7)11-9(19)12-6-3-20-4-10(6,2)8(17)18/h5-6H,3-4H2,1-2H3,(H,17,18)(H2,11,12,19)(H,13,14,15,16). The Balaban J connectivity index is 1.93. The summed E-state index contributed by atoms with van der Waals surface area (Å²) in [4.78, 5) is 23.1. The Labute approximate surface area is 114 Å². The average molecular weight is 284 g/mol. The van der Waals surface area contributed by atoms with Gasteiger partial charge in [-0.15, -0.1) is 10.2 Å². The van der Waals surface area contributed by atoms with Crippen molar-refractivity contribution in [1.29, 1.82) is 0 Å². The molecule has 10 nitrogen and oxygen atoms in total. The minimum atomic E-state index is -1.13. The van der Waals surface area contributed by atoms with Gasteiger partial charge in [-0.1, -0.05) is 5.21 Å². The number of aliphatic carboxylic acids is 1. The minimum Gasteiger partial charge on any atom is -0.481 e. The number of urea groups is 1. The molecule has 0 bridgehead atoms. The number of tetrazole rings is 1. The van der Waals surface area contributed by atoms with Crippen LogP contribution in [0, 0.1) is 5.41 Å². The zero-order valence-electron chi connectivity index (χ0n) is 11.1. The van der Waals surface area contributed by atoms with Gasteiger partial charge in [-0.05, 0) is 13.8 Å². The van der Waals surface area contributed by atoms with Crippen LogP contribution in [0.5, 0.6) is 0 Å². The van der Waals surface area contributed by atoms with Gasteiger partial charge >= 0.3 is 12.0 Å². The summed E-state index contributed by atoms with van der Waals surface area (Å²) in [5, 5.41) is 27.6. The lowest BCUT2D eigenvalue weighted by Gasteiger charge is -2.26. The maximum Gasteiger partial charge on any atom is 0.315 e. The molecule has 3 unspecified atom stereocenters. The smallest absolute Gasteiger partial charge is 0.315 e. The second kappa shape index (κ2) is 5.41. The first-order valence-electron chi connectivity index (χ1n) is 6.05. The van der Waals surface area contributed by atoms with Crippen LogP contribution in [0.25, 0.3) is 0 Å². The number of H-pyrrole nitrogens is 1. The van der Waals surface area contributed by atoms with Gasteiger partial charge in [0.15, 0.2) is 5.82 Å². The number of nitrogens with one attached hydrogen (secondary N) is 3. The van der Waals surface area contributed by atoms with Gasteiger partial charge in [-0.3, -0.25) is 4.79 Å². The number of amides is 2. The van der Waals surface area contributed by atoms with E-state index in [0.29, 0.717) is 5.82 Å². The number of carbonyl (C=O) groups excluding carboxylic acids is 1. The van der Waals surface area contributed by atoms with Crippen molar-refractivity contribution in [2.45, 2.75) is 25.9 Å². The number of rotatable bonds is 4. The predicted octanol–water partition coefficient (Wildman–Crippen LogP) is -0.950. The summed E-state index contributed by atoms with van der Waals surface area (Å²) < 4.78 is 5.15. The molecule has 2 amide bonds. The van der Waals surface area contributed by atoms with Gasteiger partial charge in [0, 0.05) is 0 Å². The SMILES string of the molecule is CC(NC(=O)NC1COCC1(C)C(=O)O)c1nn[nH]n1. The van der Waals surface area contributed by atoms with Gasteiger partial charge in [0.05, 0.1) is 25.3 Å². The van der Waals surface area contributed by atoms with E-state index in [9.17, 15) is 14.7 Å². The average Bonchev–Trinajstić information content (AvgIpc) is 3.00.